The number of aromatic nitrogens is 2. The van der Waals surface area contributed by atoms with E-state index in [1.54, 1.807) is 10.7 Å². The molecule has 1 fully saturated rings. The van der Waals surface area contributed by atoms with Gasteiger partial charge in [0, 0.05) is 5.92 Å². The SMILES string of the molecule is Cc1ccc(C(=O)O)cc1-n1ncc(C(=O)O)c1C1CC1. The first-order chi connectivity index (χ1) is 9.99. The third-order valence-corrected chi connectivity index (χ3v) is 3.69. The van der Waals surface area contributed by atoms with E-state index in [-0.39, 0.29) is 17.0 Å². The van der Waals surface area contributed by atoms with Crippen molar-refractivity contribution in [2.45, 2.75) is 25.7 Å². The summed E-state index contributed by atoms with van der Waals surface area (Å²) in [6, 6.07) is 4.76. The molecule has 6 heteroatoms. The number of carboxylic acids is 2. The molecule has 0 spiro atoms. The maximum atomic E-state index is 11.3. The average Bonchev–Trinajstić information content (AvgIpc) is 3.17. The minimum atomic E-state index is -1.02. The Morgan fingerprint density at radius 3 is 2.52 bits per heavy atom. The van der Waals surface area contributed by atoms with E-state index in [4.69, 9.17) is 5.11 Å². The number of rotatable bonds is 4. The van der Waals surface area contributed by atoms with Crippen molar-refractivity contribution in [3.63, 3.8) is 0 Å². The summed E-state index contributed by atoms with van der Waals surface area (Å²) < 4.78 is 1.57. The smallest absolute Gasteiger partial charge is 0.339 e. The van der Waals surface area contributed by atoms with E-state index in [1.165, 1.54) is 18.3 Å². The number of hydrogen-bond donors (Lipinski definition) is 2. The van der Waals surface area contributed by atoms with Gasteiger partial charge in [-0.3, -0.25) is 0 Å². The van der Waals surface area contributed by atoms with Gasteiger partial charge in [0.2, 0.25) is 0 Å². The first-order valence-corrected chi connectivity index (χ1v) is 6.64. The monoisotopic (exact) mass is 286 g/mol. The van der Waals surface area contributed by atoms with Gasteiger partial charge < -0.3 is 10.2 Å². The van der Waals surface area contributed by atoms with Crippen LogP contribution in [0.1, 0.15) is 50.7 Å². The van der Waals surface area contributed by atoms with E-state index >= 15 is 0 Å². The zero-order valence-electron chi connectivity index (χ0n) is 11.4. The Kier molecular flexibility index (Phi) is 3.01. The van der Waals surface area contributed by atoms with E-state index in [9.17, 15) is 14.7 Å². The van der Waals surface area contributed by atoms with Crippen molar-refractivity contribution in [1.29, 1.82) is 0 Å². The van der Waals surface area contributed by atoms with Crippen LogP contribution in [0.3, 0.4) is 0 Å². The normalized spacial score (nSPS) is 14.1. The van der Waals surface area contributed by atoms with Crippen LogP contribution in [-0.2, 0) is 0 Å². The van der Waals surface area contributed by atoms with E-state index < -0.39 is 11.9 Å². The molecule has 2 N–H and O–H groups in total. The fourth-order valence-electron chi connectivity index (χ4n) is 2.43. The van der Waals surface area contributed by atoms with Crippen LogP contribution in [0.25, 0.3) is 5.69 Å². The van der Waals surface area contributed by atoms with Crippen LogP contribution in [0, 0.1) is 6.92 Å². The van der Waals surface area contributed by atoms with Crippen molar-refractivity contribution in [1.82, 2.24) is 9.78 Å². The summed E-state index contributed by atoms with van der Waals surface area (Å²) in [6.07, 6.45) is 3.20. The topological polar surface area (TPSA) is 92.4 Å². The zero-order valence-corrected chi connectivity index (χ0v) is 11.4. The highest BCUT2D eigenvalue weighted by molar-refractivity contribution is 5.90. The Bertz CT molecular complexity index is 744. The lowest BCUT2D eigenvalue weighted by Gasteiger charge is -2.11. The molecule has 1 heterocycles. The largest absolute Gasteiger partial charge is 0.478 e. The molecule has 0 amide bonds. The van der Waals surface area contributed by atoms with Crippen molar-refractivity contribution in [2.75, 3.05) is 0 Å². The molecule has 0 unspecified atom stereocenters. The fraction of sp³-hybridized carbons (Fsp3) is 0.267. The van der Waals surface area contributed by atoms with Crippen LogP contribution in [0.5, 0.6) is 0 Å². The summed E-state index contributed by atoms with van der Waals surface area (Å²) in [5.41, 5.74) is 2.47. The van der Waals surface area contributed by atoms with Crippen molar-refractivity contribution >= 4 is 11.9 Å². The molecule has 2 aromatic rings. The summed E-state index contributed by atoms with van der Waals surface area (Å²) in [5, 5.41) is 22.5. The summed E-state index contributed by atoms with van der Waals surface area (Å²) in [6.45, 7) is 1.85. The van der Waals surface area contributed by atoms with Crippen LogP contribution in [-0.4, -0.2) is 31.9 Å². The van der Waals surface area contributed by atoms with Crippen molar-refractivity contribution in [3.05, 3.63) is 46.8 Å². The average molecular weight is 286 g/mol. The van der Waals surface area contributed by atoms with Gasteiger partial charge in [-0.1, -0.05) is 6.07 Å². The predicted molar refractivity (Wildman–Crippen MR) is 74.2 cm³/mol. The molecule has 1 aromatic heterocycles. The van der Waals surface area contributed by atoms with Crippen LogP contribution < -0.4 is 0 Å². The number of carboxylic acid groups (broad SMARTS) is 2. The maximum Gasteiger partial charge on any atom is 0.339 e. The fourth-order valence-corrected chi connectivity index (χ4v) is 2.43. The highest BCUT2D eigenvalue weighted by Gasteiger charge is 2.33. The number of carbonyl (C=O) groups is 2. The molecule has 0 aliphatic heterocycles. The lowest BCUT2D eigenvalue weighted by molar-refractivity contribution is 0.0685. The third-order valence-electron chi connectivity index (χ3n) is 3.69. The summed E-state index contributed by atoms with van der Waals surface area (Å²) in [7, 11) is 0. The van der Waals surface area contributed by atoms with Crippen molar-refractivity contribution in [3.8, 4) is 5.69 Å². The number of aromatic carboxylic acids is 2. The molecule has 1 aliphatic rings. The van der Waals surface area contributed by atoms with E-state index in [2.05, 4.69) is 5.10 Å². The van der Waals surface area contributed by atoms with Gasteiger partial charge in [0.25, 0.3) is 0 Å². The molecular weight excluding hydrogens is 272 g/mol. The summed E-state index contributed by atoms with van der Waals surface area (Å²) in [5.74, 6) is -1.84. The van der Waals surface area contributed by atoms with Crippen molar-refractivity contribution < 1.29 is 19.8 Å². The van der Waals surface area contributed by atoms with Gasteiger partial charge in [0.15, 0.2) is 0 Å². The van der Waals surface area contributed by atoms with Gasteiger partial charge in [-0.2, -0.15) is 5.10 Å². The van der Waals surface area contributed by atoms with Gasteiger partial charge in [-0.25, -0.2) is 14.3 Å². The van der Waals surface area contributed by atoms with E-state index in [1.807, 2.05) is 6.92 Å². The molecule has 0 atom stereocenters. The second-order valence-electron chi connectivity index (χ2n) is 5.24. The Morgan fingerprint density at radius 2 is 1.95 bits per heavy atom. The summed E-state index contributed by atoms with van der Waals surface area (Å²) >= 11 is 0. The van der Waals surface area contributed by atoms with Gasteiger partial charge >= 0.3 is 11.9 Å². The minimum Gasteiger partial charge on any atom is -0.478 e. The molecule has 1 aromatic carbocycles. The molecule has 6 nitrogen and oxygen atoms in total. The number of aryl methyl sites for hydroxylation is 1. The van der Waals surface area contributed by atoms with Crippen molar-refractivity contribution in [2.24, 2.45) is 0 Å². The quantitative estimate of drug-likeness (QED) is 0.900. The van der Waals surface area contributed by atoms with E-state index in [0.29, 0.717) is 11.4 Å². The molecule has 21 heavy (non-hydrogen) atoms. The molecule has 3 rings (SSSR count). The molecule has 0 radical (unpaired) electrons. The van der Waals surface area contributed by atoms with Crippen LogP contribution in [0.15, 0.2) is 24.4 Å². The lowest BCUT2D eigenvalue weighted by atomic mass is 10.1. The van der Waals surface area contributed by atoms with Crippen LogP contribution in [0.4, 0.5) is 0 Å². The second kappa shape index (κ2) is 4.73. The van der Waals surface area contributed by atoms with Gasteiger partial charge in [-0.05, 0) is 37.5 Å². The maximum absolute atomic E-state index is 11.3. The molecule has 0 bridgehead atoms. The number of nitrogens with zero attached hydrogens (tertiary/aromatic N) is 2. The predicted octanol–water partition coefficient (Wildman–Crippen LogP) is 2.45. The van der Waals surface area contributed by atoms with Gasteiger partial charge in [0.05, 0.1) is 23.1 Å². The Hall–Kier alpha value is -2.63. The highest BCUT2D eigenvalue weighted by atomic mass is 16.4. The lowest BCUT2D eigenvalue weighted by Crippen LogP contribution is -2.08. The Balaban J connectivity index is 2.19. The zero-order chi connectivity index (χ0) is 15.1. The van der Waals surface area contributed by atoms with Crippen LogP contribution in [0.2, 0.25) is 0 Å². The summed E-state index contributed by atoms with van der Waals surface area (Å²) in [4.78, 5) is 22.4. The standard InChI is InChI=1S/C15H14N2O4/c1-8-2-3-10(14(18)19)6-12(8)17-13(9-4-5-9)11(7-16-17)15(20)21/h2-3,6-7,9H,4-5H2,1H3,(H,18,19)(H,20,21). The van der Waals surface area contributed by atoms with Crippen LogP contribution >= 0.6 is 0 Å². The second-order valence-corrected chi connectivity index (χ2v) is 5.24. The molecule has 1 saturated carbocycles. The van der Waals surface area contributed by atoms with E-state index in [0.717, 1.165) is 18.4 Å². The van der Waals surface area contributed by atoms with Gasteiger partial charge in [0.1, 0.15) is 5.56 Å². The highest BCUT2D eigenvalue weighted by Crippen LogP contribution is 2.42. The first-order valence-electron chi connectivity index (χ1n) is 6.64. The Morgan fingerprint density at radius 1 is 1.24 bits per heavy atom. The molecule has 108 valence electrons. The number of benzene rings is 1. The van der Waals surface area contributed by atoms with Gasteiger partial charge in [-0.15, -0.1) is 0 Å². The molecule has 1 aliphatic carbocycles. The third kappa shape index (κ3) is 2.29. The minimum absolute atomic E-state index is 0.157. The first kappa shape index (κ1) is 13.4. The number of hydrogen-bond acceptors (Lipinski definition) is 3. The molecule has 0 saturated heterocycles. The molecular formula is C15H14N2O4. The Labute approximate surface area is 120 Å².